The van der Waals surface area contributed by atoms with Gasteiger partial charge in [0.25, 0.3) is 0 Å². The summed E-state index contributed by atoms with van der Waals surface area (Å²) < 4.78 is 12.6. The van der Waals surface area contributed by atoms with Crippen LogP contribution in [0, 0.1) is 0 Å². The van der Waals surface area contributed by atoms with Gasteiger partial charge in [-0.15, -0.1) is 0 Å². The molecule has 11 rings (SSSR count). The molecule has 0 amide bonds. The van der Waals surface area contributed by atoms with Crippen LogP contribution in [-0.2, 0) is 0 Å². The maximum Gasteiger partial charge on any atom is 0.135 e. The molecule has 2 aromatic heterocycles. The van der Waals surface area contributed by atoms with Gasteiger partial charge >= 0.3 is 0 Å². The highest BCUT2D eigenvalue weighted by atomic mass is 16.3. The first-order valence-corrected chi connectivity index (χ1v) is 17.8. The topological polar surface area (TPSA) is 26.3 Å². The standard InChI is InChI=1S/C50H30O2/c1-2-13-31(14-3-1)48-38-17-4-6-19-40(38)50(41-20-7-5-18-39(41)48)49-34(32-25-27-46-42(29-32)36-15-8-10-23-44(36)51-46)21-12-22-35(49)33-26-28-47-43(30-33)37-16-9-11-24-45(37)52-47/h1-30H. The maximum absolute atomic E-state index is 6.28. The minimum Gasteiger partial charge on any atom is -0.456 e. The molecule has 0 N–H and O–H groups in total. The smallest absolute Gasteiger partial charge is 0.135 e. The lowest BCUT2D eigenvalue weighted by molar-refractivity contribution is 0.668. The Kier molecular flexibility index (Phi) is 6.28. The van der Waals surface area contributed by atoms with E-state index in [-0.39, 0.29) is 0 Å². The van der Waals surface area contributed by atoms with Crippen molar-refractivity contribution in [2.75, 3.05) is 0 Å². The highest BCUT2D eigenvalue weighted by Gasteiger charge is 2.23. The molecular weight excluding hydrogens is 633 g/mol. The predicted octanol–water partition coefficient (Wildman–Crippen LogP) is 14.5. The molecule has 0 spiro atoms. The van der Waals surface area contributed by atoms with Gasteiger partial charge in [-0.1, -0.05) is 146 Å². The van der Waals surface area contributed by atoms with Gasteiger partial charge in [-0.3, -0.25) is 0 Å². The van der Waals surface area contributed by atoms with E-state index in [4.69, 9.17) is 8.83 Å². The molecule has 0 aliphatic carbocycles. The van der Waals surface area contributed by atoms with Crippen LogP contribution in [0.5, 0.6) is 0 Å². The van der Waals surface area contributed by atoms with Crippen molar-refractivity contribution in [1.29, 1.82) is 0 Å². The zero-order chi connectivity index (χ0) is 34.2. The molecule has 0 saturated heterocycles. The summed E-state index contributed by atoms with van der Waals surface area (Å²) in [5.41, 5.74) is 13.1. The van der Waals surface area contributed by atoms with E-state index in [1.165, 1.54) is 54.9 Å². The monoisotopic (exact) mass is 662 g/mol. The van der Waals surface area contributed by atoms with Gasteiger partial charge in [-0.25, -0.2) is 0 Å². The van der Waals surface area contributed by atoms with Gasteiger partial charge in [0, 0.05) is 21.5 Å². The van der Waals surface area contributed by atoms with Crippen LogP contribution in [0.25, 0.3) is 110 Å². The van der Waals surface area contributed by atoms with E-state index in [0.717, 1.165) is 55.0 Å². The van der Waals surface area contributed by atoms with Crippen LogP contribution in [0.1, 0.15) is 0 Å². The average Bonchev–Trinajstić information content (AvgIpc) is 3.78. The summed E-state index contributed by atoms with van der Waals surface area (Å²) in [5, 5.41) is 9.38. The van der Waals surface area contributed by atoms with Gasteiger partial charge in [0.1, 0.15) is 22.3 Å². The molecule has 52 heavy (non-hydrogen) atoms. The molecule has 0 aliphatic rings. The zero-order valence-electron chi connectivity index (χ0n) is 28.1. The fourth-order valence-corrected chi connectivity index (χ4v) is 8.40. The first kappa shape index (κ1) is 28.9. The third kappa shape index (κ3) is 4.31. The number of benzene rings is 9. The lowest BCUT2D eigenvalue weighted by atomic mass is 9.81. The second-order valence-electron chi connectivity index (χ2n) is 13.6. The maximum atomic E-state index is 6.28. The summed E-state index contributed by atoms with van der Waals surface area (Å²) in [6.07, 6.45) is 0. The van der Waals surface area contributed by atoms with Crippen LogP contribution in [0.3, 0.4) is 0 Å². The minimum atomic E-state index is 0.892. The van der Waals surface area contributed by atoms with Gasteiger partial charge < -0.3 is 8.83 Å². The molecule has 0 aliphatic heterocycles. The van der Waals surface area contributed by atoms with Crippen LogP contribution in [0.4, 0.5) is 0 Å². The van der Waals surface area contributed by atoms with Crippen LogP contribution in [0.15, 0.2) is 191 Å². The molecule has 0 fully saturated rings. The molecule has 11 aromatic rings. The largest absolute Gasteiger partial charge is 0.456 e. The zero-order valence-corrected chi connectivity index (χ0v) is 28.1. The molecule has 2 heterocycles. The lowest BCUT2D eigenvalue weighted by Gasteiger charge is -2.22. The van der Waals surface area contributed by atoms with Crippen LogP contribution in [0.2, 0.25) is 0 Å². The second-order valence-corrected chi connectivity index (χ2v) is 13.6. The molecule has 2 heteroatoms. The lowest BCUT2D eigenvalue weighted by Crippen LogP contribution is -1.95. The third-order valence-corrected chi connectivity index (χ3v) is 10.7. The van der Waals surface area contributed by atoms with E-state index in [2.05, 4.69) is 158 Å². The van der Waals surface area contributed by atoms with E-state index in [1.54, 1.807) is 0 Å². The fourth-order valence-electron chi connectivity index (χ4n) is 8.40. The van der Waals surface area contributed by atoms with E-state index in [0.29, 0.717) is 0 Å². The summed E-state index contributed by atoms with van der Waals surface area (Å²) in [6, 6.07) is 65.3. The van der Waals surface area contributed by atoms with Crippen molar-refractivity contribution in [1.82, 2.24) is 0 Å². The van der Waals surface area contributed by atoms with Crippen molar-refractivity contribution in [2.24, 2.45) is 0 Å². The molecule has 0 saturated carbocycles. The van der Waals surface area contributed by atoms with Gasteiger partial charge in [0.05, 0.1) is 0 Å². The summed E-state index contributed by atoms with van der Waals surface area (Å²) in [5.74, 6) is 0. The molecule has 0 radical (unpaired) electrons. The Bertz CT molecular complexity index is 2990. The van der Waals surface area contributed by atoms with Crippen LogP contribution in [-0.4, -0.2) is 0 Å². The molecular formula is C50H30O2. The summed E-state index contributed by atoms with van der Waals surface area (Å²) in [7, 11) is 0. The Hall–Kier alpha value is -6.90. The van der Waals surface area contributed by atoms with Gasteiger partial charge in [0.2, 0.25) is 0 Å². The van der Waals surface area contributed by atoms with E-state index >= 15 is 0 Å². The summed E-state index contributed by atoms with van der Waals surface area (Å²) >= 11 is 0. The minimum absolute atomic E-state index is 0.892. The Morgan fingerprint density at radius 2 is 0.635 bits per heavy atom. The van der Waals surface area contributed by atoms with Crippen molar-refractivity contribution >= 4 is 65.4 Å². The van der Waals surface area contributed by atoms with Gasteiger partial charge in [-0.2, -0.15) is 0 Å². The van der Waals surface area contributed by atoms with Crippen molar-refractivity contribution in [3.05, 3.63) is 182 Å². The Labute approximate surface area is 299 Å². The quantitative estimate of drug-likeness (QED) is 0.175. The number of furan rings is 2. The number of rotatable bonds is 4. The first-order valence-electron chi connectivity index (χ1n) is 17.8. The van der Waals surface area contributed by atoms with Crippen LogP contribution >= 0.6 is 0 Å². The Balaban J connectivity index is 1.28. The normalized spacial score (nSPS) is 11.8. The van der Waals surface area contributed by atoms with Crippen molar-refractivity contribution in [2.45, 2.75) is 0 Å². The molecule has 0 unspecified atom stereocenters. The number of fused-ring (bicyclic) bond motifs is 8. The molecule has 0 atom stereocenters. The predicted molar refractivity (Wildman–Crippen MR) is 218 cm³/mol. The average molecular weight is 663 g/mol. The van der Waals surface area contributed by atoms with Crippen molar-refractivity contribution < 1.29 is 8.83 Å². The van der Waals surface area contributed by atoms with Gasteiger partial charge in [0.15, 0.2) is 0 Å². The fraction of sp³-hybridized carbons (Fsp3) is 0. The molecule has 2 nitrogen and oxygen atoms in total. The number of para-hydroxylation sites is 2. The molecule has 242 valence electrons. The van der Waals surface area contributed by atoms with Gasteiger partial charge in [-0.05, 0) is 102 Å². The molecule has 0 bridgehead atoms. The SMILES string of the molecule is c1ccc(-c2c3ccccc3c(-c3c(-c4ccc5oc6ccccc6c5c4)cccc3-c3ccc4oc5ccccc5c4c3)c3ccccc23)cc1. The van der Waals surface area contributed by atoms with Crippen LogP contribution < -0.4 is 0 Å². The van der Waals surface area contributed by atoms with E-state index in [9.17, 15) is 0 Å². The van der Waals surface area contributed by atoms with Crippen molar-refractivity contribution in [3.63, 3.8) is 0 Å². The Morgan fingerprint density at radius 3 is 1.13 bits per heavy atom. The van der Waals surface area contributed by atoms with E-state index in [1.807, 2.05) is 24.3 Å². The van der Waals surface area contributed by atoms with E-state index < -0.39 is 0 Å². The molecule has 9 aromatic carbocycles. The summed E-state index contributed by atoms with van der Waals surface area (Å²) in [6.45, 7) is 0. The van der Waals surface area contributed by atoms with Crippen molar-refractivity contribution in [3.8, 4) is 44.5 Å². The summed E-state index contributed by atoms with van der Waals surface area (Å²) in [4.78, 5) is 0. The first-order chi connectivity index (χ1) is 25.8. The Morgan fingerprint density at radius 1 is 0.231 bits per heavy atom. The highest BCUT2D eigenvalue weighted by Crippen LogP contribution is 2.50. The number of hydrogen-bond donors (Lipinski definition) is 0. The second kappa shape index (κ2) is 11.3. The third-order valence-electron chi connectivity index (χ3n) is 10.7. The highest BCUT2D eigenvalue weighted by molar-refractivity contribution is 6.24. The number of hydrogen-bond acceptors (Lipinski definition) is 2.